The van der Waals surface area contributed by atoms with E-state index in [1.165, 1.54) is 0 Å². The van der Waals surface area contributed by atoms with Crippen LogP contribution in [0.3, 0.4) is 0 Å². The number of pyridine rings is 1. The van der Waals surface area contributed by atoms with Crippen LogP contribution < -0.4 is 0 Å². The first-order chi connectivity index (χ1) is 7.77. The molecule has 0 fully saturated rings. The van der Waals surface area contributed by atoms with E-state index in [2.05, 4.69) is 20.9 Å². The first-order valence-corrected chi connectivity index (χ1v) is 5.68. The highest BCUT2D eigenvalue weighted by molar-refractivity contribution is 9.10. The Morgan fingerprint density at radius 2 is 1.75 bits per heavy atom. The molecule has 0 amide bonds. The van der Waals surface area contributed by atoms with Gasteiger partial charge in [-0.05, 0) is 17.2 Å². The van der Waals surface area contributed by atoms with Gasteiger partial charge < -0.3 is 4.79 Å². The zero-order valence-electron chi connectivity index (χ0n) is 8.51. The molecule has 3 heteroatoms. The van der Waals surface area contributed by atoms with E-state index in [1.54, 1.807) is 12.4 Å². The lowest BCUT2D eigenvalue weighted by Gasteiger charge is -2.21. The SMILES string of the molecule is O=CC(Br)(c1ccccc1)c1cccnc1. The molecule has 0 saturated heterocycles. The van der Waals surface area contributed by atoms with Gasteiger partial charge in [0.25, 0.3) is 0 Å². The van der Waals surface area contributed by atoms with Crippen molar-refractivity contribution in [2.45, 2.75) is 4.32 Å². The van der Waals surface area contributed by atoms with Crippen LogP contribution in [0.5, 0.6) is 0 Å². The maximum Gasteiger partial charge on any atom is 0.145 e. The molecule has 80 valence electrons. The van der Waals surface area contributed by atoms with Crippen molar-refractivity contribution in [2.24, 2.45) is 0 Å². The molecule has 1 aromatic heterocycles. The fourth-order valence-corrected chi connectivity index (χ4v) is 2.06. The summed E-state index contributed by atoms with van der Waals surface area (Å²) in [6.45, 7) is 0. The van der Waals surface area contributed by atoms with Crippen LogP contribution in [0.4, 0.5) is 0 Å². The van der Waals surface area contributed by atoms with Crippen molar-refractivity contribution in [3.8, 4) is 0 Å². The zero-order chi connectivity index (χ0) is 11.4. The van der Waals surface area contributed by atoms with Gasteiger partial charge in [-0.1, -0.05) is 52.3 Å². The summed E-state index contributed by atoms with van der Waals surface area (Å²) in [7, 11) is 0. The third kappa shape index (κ3) is 1.91. The number of benzene rings is 1. The lowest BCUT2D eigenvalue weighted by Crippen LogP contribution is -2.21. The number of halogens is 1. The standard InChI is InChI=1S/C13H10BrNO/c14-13(10-16,11-5-2-1-3-6-11)12-7-4-8-15-9-12/h1-10H. The Morgan fingerprint density at radius 3 is 2.31 bits per heavy atom. The first-order valence-electron chi connectivity index (χ1n) is 4.88. The van der Waals surface area contributed by atoms with E-state index in [0.717, 1.165) is 17.4 Å². The fourth-order valence-electron chi connectivity index (χ4n) is 1.56. The zero-order valence-corrected chi connectivity index (χ0v) is 10.1. The van der Waals surface area contributed by atoms with Crippen LogP contribution in [0.2, 0.25) is 0 Å². The normalized spacial score (nSPS) is 14.1. The van der Waals surface area contributed by atoms with Crippen LogP contribution >= 0.6 is 15.9 Å². The van der Waals surface area contributed by atoms with Gasteiger partial charge in [-0.25, -0.2) is 0 Å². The second-order valence-electron chi connectivity index (χ2n) is 3.44. The predicted octanol–water partition coefficient (Wildman–Crippen LogP) is 2.92. The lowest BCUT2D eigenvalue weighted by molar-refractivity contribution is -0.109. The van der Waals surface area contributed by atoms with Gasteiger partial charge in [0.05, 0.1) is 0 Å². The molecule has 0 saturated carbocycles. The minimum atomic E-state index is -0.803. The van der Waals surface area contributed by atoms with Crippen molar-refractivity contribution in [3.05, 3.63) is 66.0 Å². The average Bonchev–Trinajstić information content (AvgIpc) is 2.40. The Bertz CT molecular complexity index is 430. The summed E-state index contributed by atoms with van der Waals surface area (Å²) in [6.07, 6.45) is 4.27. The highest BCUT2D eigenvalue weighted by Gasteiger charge is 2.30. The third-order valence-electron chi connectivity index (χ3n) is 2.44. The van der Waals surface area contributed by atoms with Crippen molar-refractivity contribution in [2.75, 3.05) is 0 Å². The lowest BCUT2D eigenvalue weighted by atomic mass is 9.94. The van der Waals surface area contributed by atoms with Crippen LogP contribution in [0.1, 0.15) is 11.1 Å². The molecule has 1 aromatic carbocycles. The second kappa shape index (κ2) is 4.58. The van der Waals surface area contributed by atoms with Crippen molar-refractivity contribution in [1.82, 2.24) is 4.98 Å². The van der Waals surface area contributed by atoms with Crippen LogP contribution in [-0.4, -0.2) is 11.3 Å². The van der Waals surface area contributed by atoms with Gasteiger partial charge >= 0.3 is 0 Å². The number of carbonyl (C=O) groups is 1. The van der Waals surface area contributed by atoms with E-state index in [9.17, 15) is 4.79 Å². The maximum atomic E-state index is 11.4. The van der Waals surface area contributed by atoms with Gasteiger partial charge in [0.2, 0.25) is 0 Å². The summed E-state index contributed by atoms with van der Waals surface area (Å²) in [5.41, 5.74) is 1.73. The fraction of sp³-hybridized carbons (Fsp3) is 0.0769. The van der Waals surface area contributed by atoms with Gasteiger partial charge in [-0.3, -0.25) is 4.98 Å². The molecule has 0 N–H and O–H groups in total. The number of alkyl halides is 1. The summed E-state index contributed by atoms with van der Waals surface area (Å²) in [5, 5.41) is 0. The molecule has 1 unspecified atom stereocenters. The van der Waals surface area contributed by atoms with Crippen LogP contribution in [0, 0.1) is 0 Å². The van der Waals surface area contributed by atoms with E-state index >= 15 is 0 Å². The topological polar surface area (TPSA) is 30.0 Å². The van der Waals surface area contributed by atoms with Crippen LogP contribution in [0.15, 0.2) is 54.9 Å². The molecule has 0 radical (unpaired) electrons. The largest absolute Gasteiger partial charge is 0.301 e. The molecule has 2 nitrogen and oxygen atoms in total. The Morgan fingerprint density at radius 1 is 1.06 bits per heavy atom. The van der Waals surface area contributed by atoms with E-state index in [0.29, 0.717) is 0 Å². The smallest absolute Gasteiger partial charge is 0.145 e. The number of aromatic nitrogens is 1. The molecule has 16 heavy (non-hydrogen) atoms. The van der Waals surface area contributed by atoms with Gasteiger partial charge in [0.15, 0.2) is 0 Å². The molecule has 2 aromatic rings. The number of hydrogen-bond acceptors (Lipinski definition) is 2. The molecule has 0 bridgehead atoms. The van der Waals surface area contributed by atoms with E-state index in [4.69, 9.17) is 0 Å². The van der Waals surface area contributed by atoms with Gasteiger partial charge in [-0.15, -0.1) is 0 Å². The maximum absolute atomic E-state index is 11.4. The highest BCUT2D eigenvalue weighted by Crippen LogP contribution is 2.35. The molecule has 1 atom stereocenters. The van der Waals surface area contributed by atoms with Crippen molar-refractivity contribution < 1.29 is 4.79 Å². The third-order valence-corrected chi connectivity index (χ3v) is 3.54. The molecular weight excluding hydrogens is 266 g/mol. The quantitative estimate of drug-likeness (QED) is 0.637. The number of rotatable bonds is 3. The molecular formula is C13H10BrNO. The Kier molecular flexibility index (Phi) is 3.15. The monoisotopic (exact) mass is 275 g/mol. The minimum absolute atomic E-state index is 0.803. The summed E-state index contributed by atoms with van der Waals surface area (Å²) >= 11 is 3.49. The van der Waals surface area contributed by atoms with Crippen LogP contribution in [-0.2, 0) is 9.12 Å². The molecule has 0 spiro atoms. The summed E-state index contributed by atoms with van der Waals surface area (Å²) in [4.78, 5) is 15.4. The summed E-state index contributed by atoms with van der Waals surface area (Å²) < 4.78 is -0.803. The summed E-state index contributed by atoms with van der Waals surface area (Å²) in [6, 6.07) is 13.3. The van der Waals surface area contributed by atoms with Crippen molar-refractivity contribution in [1.29, 1.82) is 0 Å². The van der Waals surface area contributed by atoms with Gasteiger partial charge in [0.1, 0.15) is 10.6 Å². The molecule has 0 aliphatic carbocycles. The minimum Gasteiger partial charge on any atom is -0.301 e. The molecule has 1 heterocycles. The Balaban J connectivity index is 2.53. The van der Waals surface area contributed by atoms with E-state index in [1.807, 2.05) is 42.5 Å². The number of nitrogens with zero attached hydrogens (tertiary/aromatic N) is 1. The highest BCUT2D eigenvalue weighted by atomic mass is 79.9. The second-order valence-corrected chi connectivity index (χ2v) is 4.69. The van der Waals surface area contributed by atoms with E-state index < -0.39 is 4.32 Å². The predicted molar refractivity (Wildman–Crippen MR) is 66.5 cm³/mol. The number of hydrogen-bond donors (Lipinski definition) is 0. The van der Waals surface area contributed by atoms with Gasteiger partial charge in [-0.2, -0.15) is 0 Å². The van der Waals surface area contributed by atoms with Crippen molar-refractivity contribution >= 4 is 22.2 Å². The Labute approximate surface area is 102 Å². The number of carbonyl (C=O) groups excluding carboxylic acids is 1. The van der Waals surface area contributed by atoms with E-state index in [-0.39, 0.29) is 0 Å². The molecule has 0 aliphatic rings. The van der Waals surface area contributed by atoms with Crippen molar-refractivity contribution in [3.63, 3.8) is 0 Å². The first kappa shape index (κ1) is 11.0. The number of aldehydes is 1. The molecule has 2 rings (SSSR count). The molecule has 0 aliphatic heterocycles. The summed E-state index contributed by atoms with van der Waals surface area (Å²) in [5.74, 6) is 0. The van der Waals surface area contributed by atoms with Crippen LogP contribution in [0.25, 0.3) is 0 Å². The Hall–Kier alpha value is -1.48. The average molecular weight is 276 g/mol. The van der Waals surface area contributed by atoms with Gasteiger partial charge in [0, 0.05) is 12.4 Å².